The normalized spacial score (nSPS) is 10.7. The lowest BCUT2D eigenvalue weighted by molar-refractivity contribution is 0.0460. The SMILES string of the molecule is CCCc1c(C(=O)OCc2ccccc2F)nnn1-c1cccc(Cl)c1. The second-order valence-corrected chi connectivity index (χ2v) is 6.13. The first kappa shape index (κ1) is 18.1. The molecule has 7 heteroatoms. The van der Waals surface area contributed by atoms with Gasteiger partial charge in [0.1, 0.15) is 12.4 Å². The van der Waals surface area contributed by atoms with Gasteiger partial charge < -0.3 is 4.74 Å². The van der Waals surface area contributed by atoms with Gasteiger partial charge in [0.05, 0.1) is 11.4 Å². The number of halogens is 2. The lowest BCUT2D eigenvalue weighted by Crippen LogP contribution is -2.11. The van der Waals surface area contributed by atoms with Crippen LogP contribution in [0.15, 0.2) is 48.5 Å². The molecule has 0 aliphatic heterocycles. The van der Waals surface area contributed by atoms with Gasteiger partial charge in [-0.3, -0.25) is 0 Å². The Morgan fingerprint density at radius 3 is 2.77 bits per heavy atom. The monoisotopic (exact) mass is 373 g/mol. The minimum atomic E-state index is -0.634. The van der Waals surface area contributed by atoms with Crippen LogP contribution in [0.2, 0.25) is 5.02 Å². The standard InChI is InChI=1S/C19H17ClFN3O2/c1-2-6-17-18(19(25)26-12-13-7-3-4-10-16(13)21)22-23-24(17)15-9-5-8-14(20)11-15/h3-5,7-11H,2,6,12H2,1H3. The maximum Gasteiger partial charge on any atom is 0.361 e. The Labute approximate surface area is 155 Å². The molecule has 1 heterocycles. The van der Waals surface area contributed by atoms with E-state index in [4.69, 9.17) is 16.3 Å². The Balaban J connectivity index is 1.85. The van der Waals surface area contributed by atoms with Crippen molar-refractivity contribution in [2.75, 3.05) is 0 Å². The number of hydrogen-bond donors (Lipinski definition) is 0. The van der Waals surface area contributed by atoms with Crippen molar-refractivity contribution in [3.8, 4) is 5.69 Å². The predicted octanol–water partition coefficient (Wildman–Crippen LogP) is 4.37. The summed E-state index contributed by atoms with van der Waals surface area (Å²) < 4.78 is 20.5. The van der Waals surface area contributed by atoms with Gasteiger partial charge in [-0.1, -0.05) is 54.4 Å². The molecule has 0 radical (unpaired) electrons. The highest BCUT2D eigenvalue weighted by Crippen LogP contribution is 2.19. The lowest BCUT2D eigenvalue weighted by atomic mass is 10.2. The number of carbonyl (C=O) groups is 1. The molecule has 0 fully saturated rings. The van der Waals surface area contributed by atoms with E-state index >= 15 is 0 Å². The van der Waals surface area contributed by atoms with Crippen molar-refractivity contribution in [2.45, 2.75) is 26.4 Å². The first-order chi connectivity index (χ1) is 12.6. The minimum absolute atomic E-state index is 0.128. The van der Waals surface area contributed by atoms with Crippen LogP contribution in [0, 0.1) is 5.82 Å². The molecule has 0 N–H and O–H groups in total. The molecule has 26 heavy (non-hydrogen) atoms. The maximum absolute atomic E-state index is 13.7. The summed E-state index contributed by atoms with van der Waals surface area (Å²) in [4.78, 5) is 12.4. The van der Waals surface area contributed by atoms with Gasteiger partial charge in [0.2, 0.25) is 0 Å². The van der Waals surface area contributed by atoms with Crippen molar-refractivity contribution in [1.82, 2.24) is 15.0 Å². The van der Waals surface area contributed by atoms with Crippen LogP contribution < -0.4 is 0 Å². The average molecular weight is 374 g/mol. The smallest absolute Gasteiger partial charge is 0.361 e. The molecule has 1 aromatic heterocycles. The third-order valence-corrected chi connectivity index (χ3v) is 4.05. The van der Waals surface area contributed by atoms with Gasteiger partial charge in [0, 0.05) is 10.6 Å². The number of esters is 1. The quantitative estimate of drug-likeness (QED) is 0.602. The molecule has 5 nitrogen and oxygen atoms in total. The van der Waals surface area contributed by atoms with E-state index in [0.29, 0.717) is 28.4 Å². The Morgan fingerprint density at radius 2 is 2.04 bits per heavy atom. The molecule has 3 aromatic rings. The van der Waals surface area contributed by atoms with E-state index in [1.807, 2.05) is 13.0 Å². The summed E-state index contributed by atoms with van der Waals surface area (Å²) in [7, 11) is 0. The number of carbonyl (C=O) groups excluding carboxylic acids is 1. The topological polar surface area (TPSA) is 57.0 Å². The largest absolute Gasteiger partial charge is 0.456 e. The molecule has 0 aliphatic carbocycles. The summed E-state index contributed by atoms with van der Waals surface area (Å²) in [5.74, 6) is -1.05. The fourth-order valence-electron chi connectivity index (χ4n) is 2.56. The highest BCUT2D eigenvalue weighted by molar-refractivity contribution is 6.30. The zero-order chi connectivity index (χ0) is 18.5. The third-order valence-electron chi connectivity index (χ3n) is 3.81. The summed E-state index contributed by atoms with van der Waals surface area (Å²) in [5.41, 5.74) is 1.78. The molecule has 0 saturated carbocycles. The first-order valence-electron chi connectivity index (χ1n) is 8.21. The van der Waals surface area contributed by atoms with Crippen molar-refractivity contribution >= 4 is 17.6 Å². The number of hydrogen-bond acceptors (Lipinski definition) is 4. The van der Waals surface area contributed by atoms with Gasteiger partial charge in [0.15, 0.2) is 5.69 Å². The molecule has 0 aliphatic rings. The van der Waals surface area contributed by atoms with Gasteiger partial charge in [-0.05, 0) is 30.7 Å². The van der Waals surface area contributed by atoms with E-state index in [9.17, 15) is 9.18 Å². The second-order valence-electron chi connectivity index (χ2n) is 5.69. The summed E-state index contributed by atoms with van der Waals surface area (Å²) in [5, 5.41) is 8.61. The average Bonchev–Trinajstić information content (AvgIpc) is 3.05. The van der Waals surface area contributed by atoms with Crippen molar-refractivity contribution in [2.24, 2.45) is 0 Å². The van der Waals surface area contributed by atoms with E-state index < -0.39 is 11.8 Å². The lowest BCUT2D eigenvalue weighted by Gasteiger charge is -2.08. The fourth-order valence-corrected chi connectivity index (χ4v) is 2.75. The predicted molar refractivity (Wildman–Crippen MR) is 95.9 cm³/mol. The maximum atomic E-state index is 13.7. The summed E-state index contributed by atoms with van der Waals surface area (Å²) >= 11 is 6.04. The Bertz CT molecular complexity index is 927. The van der Waals surface area contributed by atoms with Crippen LogP contribution in [0.4, 0.5) is 4.39 Å². The van der Waals surface area contributed by atoms with Crippen LogP contribution in [0.5, 0.6) is 0 Å². The molecule has 0 unspecified atom stereocenters. The fraction of sp³-hybridized carbons (Fsp3) is 0.211. The van der Waals surface area contributed by atoms with E-state index in [1.54, 1.807) is 41.1 Å². The zero-order valence-corrected chi connectivity index (χ0v) is 14.9. The summed E-state index contributed by atoms with van der Waals surface area (Å²) in [6, 6.07) is 13.3. The van der Waals surface area contributed by atoms with Gasteiger partial charge in [-0.15, -0.1) is 5.10 Å². The first-order valence-corrected chi connectivity index (χ1v) is 8.59. The van der Waals surface area contributed by atoms with Crippen LogP contribution in [0.1, 0.15) is 35.1 Å². The van der Waals surface area contributed by atoms with E-state index in [0.717, 1.165) is 6.42 Å². The molecule has 0 saturated heterocycles. The Hall–Kier alpha value is -2.73. The Morgan fingerprint density at radius 1 is 1.23 bits per heavy atom. The zero-order valence-electron chi connectivity index (χ0n) is 14.2. The third kappa shape index (κ3) is 3.91. The second kappa shape index (κ2) is 8.10. The highest BCUT2D eigenvalue weighted by atomic mass is 35.5. The molecule has 0 spiro atoms. The molecule has 134 valence electrons. The Kier molecular flexibility index (Phi) is 5.63. The van der Waals surface area contributed by atoms with Crippen molar-refractivity contribution in [3.05, 3.63) is 76.3 Å². The minimum Gasteiger partial charge on any atom is -0.456 e. The molecular weight excluding hydrogens is 357 g/mol. The van der Waals surface area contributed by atoms with Crippen LogP contribution in [0.25, 0.3) is 5.69 Å². The van der Waals surface area contributed by atoms with Gasteiger partial charge in [-0.25, -0.2) is 13.9 Å². The molecule has 0 atom stereocenters. The van der Waals surface area contributed by atoms with Crippen LogP contribution in [0.3, 0.4) is 0 Å². The molecule has 2 aromatic carbocycles. The molecule has 0 bridgehead atoms. The van der Waals surface area contributed by atoms with Crippen molar-refractivity contribution < 1.29 is 13.9 Å². The number of ether oxygens (including phenoxy) is 1. The number of nitrogens with zero attached hydrogens (tertiary/aromatic N) is 3. The van der Waals surface area contributed by atoms with E-state index in [1.165, 1.54) is 6.07 Å². The highest BCUT2D eigenvalue weighted by Gasteiger charge is 2.21. The van der Waals surface area contributed by atoms with Gasteiger partial charge >= 0.3 is 5.97 Å². The van der Waals surface area contributed by atoms with Crippen LogP contribution in [-0.2, 0) is 17.8 Å². The van der Waals surface area contributed by atoms with E-state index in [-0.39, 0.29) is 12.3 Å². The molecule has 0 amide bonds. The molecular formula is C19H17ClFN3O2. The summed E-state index contributed by atoms with van der Waals surface area (Å²) in [6.45, 7) is 1.82. The molecule has 3 rings (SSSR count). The summed E-state index contributed by atoms with van der Waals surface area (Å²) in [6.07, 6.45) is 1.38. The van der Waals surface area contributed by atoms with Crippen molar-refractivity contribution in [1.29, 1.82) is 0 Å². The van der Waals surface area contributed by atoms with E-state index in [2.05, 4.69) is 10.3 Å². The number of rotatable bonds is 6. The van der Waals surface area contributed by atoms with Crippen molar-refractivity contribution in [3.63, 3.8) is 0 Å². The number of aromatic nitrogens is 3. The van der Waals surface area contributed by atoms with Crippen LogP contribution >= 0.6 is 11.6 Å². The van der Waals surface area contributed by atoms with Gasteiger partial charge in [0.25, 0.3) is 0 Å². The number of benzene rings is 2. The van der Waals surface area contributed by atoms with Gasteiger partial charge in [-0.2, -0.15) is 0 Å². The van der Waals surface area contributed by atoms with Crippen LogP contribution in [-0.4, -0.2) is 21.0 Å².